The van der Waals surface area contributed by atoms with Gasteiger partial charge < -0.3 is 14.5 Å². The van der Waals surface area contributed by atoms with E-state index >= 15 is 0 Å². The monoisotopic (exact) mass is 474 g/mol. The fourth-order valence-electron chi connectivity index (χ4n) is 4.68. The summed E-state index contributed by atoms with van der Waals surface area (Å²) in [7, 11) is 0. The molecule has 1 aromatic carbocycles. The molecular formula is C24H25F3N4O3. The second-order valence-electron chi connectivity index (χ2n) is 9.19. The van der Waals surface area contributed by atoms with E-state index in [2.05, 4.69) is 9.97 Å². The van der Waals surface area contributed by atoms with E-state index in [0.29, 0.717) is 36.9 Å². The molecule has 2 aromatic rings. The Labute approximate surface area is 194 Å². The lowest BCUT2D eigenvalue weighted by molar-refractivity contribution is -0.138. The third kappa shape index (κ3) is 5.00. The first-order chi connectivity index (χ1) is 16.3. The molecule has 7 nitrogen and oxygen atoms in total. The Kier molecular flexibility index (Phi) is 5.91. The van der Waals surface area contributed by atoms with E-state index in [4.69, 9.17) is 4.74 Å². The Balaban J connectivity index is 1.21. The molecule has 0 spiro atoms. The molecule has 180 valence electrons. The average molecular weight is 474 g/mol. The van der Waals surface area contributed by atoms with Gasteiger partial charge in [-0.15, -0.1) is 0 Å². The number of amides is 2. The maximum atomic E-state index is 13.0. The van der Waals surface area contributed by atoms with Crippen LogP contribution < -0.4 is 4.74 Å². The second kappa shape index (κ2) is 8.88. The summed E-state index contributed by atoms with van der Waals surface area (Å²) in [5, 5.41) is 0. The predicted octanol–water partition coefficient (Wildman–Crippen LogP) is 3.20. The Bertz CT molecular complexity index is 1070. The smallest absolute Gasteiger partial charge is 0.416 e. The predicted molar refractivity (Wildman–Crippen MR) is 115 cm³/mol. The van der Waals surface area contributed by atoms with Crippen LogP contribution in [0.1, 0.15) is 48.4 Å². The fourth-order valence-corrected chi connectivity index (χ4v) is 4.68. The van der Waals surface area contributed by atoms with Crippen molar-refractivity contribution in [3.63, 3.8) is 0 Å². The minimum atomic E-state index is -4.46. The highest BCUT2D eigenvalue weighted by molar-refractivity contribution is 5.82. The lowest BCUT2D eigenvalue weighted by atomic mass is 10.1. The van der Waals surface area contributed by atoms with Crippen molar-refractivity contribution in [2.75, 3.05) is 19.6 Å². The van der Waals surface area contributed by atoms with Crippen LogP contribution in [0.15, 0.2) is 36.7 Å². The molecule has 1 aliphatic carbocycles. The summed E-state index contributed by atoms with van der Waals surface area (Å²) in [5.41, 5.74) is 0.491. The summed E-state index contributed by atoms with van der Waals surface area (Å²) in [6.45, 7) is 0.990. The third-order valence-corrected chi connectivity index (χ3v) is 6.62. The van der Waals surface area contributed by atoms with E-state index in [-0.39, 0.29) is 43.3 Å². The number of aromatic nitrogens is 2. The highest BCUT2D eigenvalue weighted by Gasteiger charge is 2.40. The van der Waals surface area contributed by atoms with Crippen LogP contribution in [0, 0.1) is 0 Å². The zero-order valence-electron chi connectivity index (χ0n) is 18.5. The average Bonchev–Trinajstić information content (AvgIpc) is 3.59. The molecule has 34 heavy (non-hydrogen) atoms. The highest BCUT2D eigenvalue weighted by atomic mass is 19.4. The second-order valence-corrected chi connectivity index (χ2v) is 9.19. The summed E-state index contributed by atoms with van der Waals surface area (Å²) in [6.07, 6.45) is 1.48. The van der Waals surface area contributed by atoms with E-state index < -0.39 is 11.7 Å². The van der Waals surface area contributed by atoms with Crippen LogP contribution in [0.3, 0.4) is 0 Å². The van der Waals surface area contributed by atoms with Crippen molar-refractivity contribution in [1.82, 2.24) is 19.8 Å². The maximum absolute atomic E-state index is 13.0. The quantitative estimate of drug-likeness (QED) is 0.666. The van der Waals surface area contributed by atoms with Crippen LogP contribution in [0.2, 0.25) is 0 Å². The third-order valence-electron chi connectivity index (χ3n) is 6.62. The zero-order valence-corrected chi connectivity index (χ0v) is 18.5. The minimum Gasteiger partial charge on any atom is -0.471 e. The van der Waals surface area contributed by atoms with Crippen LogP contribution in [-0.4, -0.2) is 63.4 Å². The standard InChI is InChI=1S/C24H25F3N4O3/c25-24(26,27)17-3-1-2-15(8-17)9-23(33)30-7-6-22(32)31-14-19(10-18(31)13-30)34-21-12-28-20(11-29-21)16-4-5-16/h1-3,8,11-12,16,18-19H,4-7,9-10,13-14H2/t18-,19-/m1/s1. The van der Waals surface area contributed by atoms with Crippen molar-refractivity contribution < 1.29 is 27.5 Å². The topological polar surface area (TPSA) is 75.6 Å². The van der Waals surface area contributed by atoms with Crippen LogP contribution in [-0.2, 0) is 22.2 Å². The number of rotatable bonds is 5. The molecule has 1 saturated carbocycles. The number of fused-ring (bicyclic) bond motifs is 1. The Morgan fingerprint density at radius 1 is 1.15 bits per heavy atom. The number of hydrogen-bond donors (Lipinski definition) is 0. The van der Waals surface area contributed by atoms with E-state index in [9.17, 15) is 22.8 Å². The van der Waals surface area contributed by atoms with Crippen molar-refractivity contribution in [1.29, 1.82) is 0 Å². The number of carbonyl (C=O) groups excluding carboxylic acids is 2. The molecule has 0 N–H and O–H groups in total. The van der Waals surface area contributed by atoms with Crippen molar-refractivity contribution in [2.45, 2.75) is 56.3 Å². The molecular weight excluding hydrogens is 449 g/mol. The van der Waals surface area contributed by atoms with E-state index in [1.54, 1.807) is 22.2 Å². The van der Waals surface area contributed by atoms with Crippen molar-refractivity contribution in [2.24, 2.45) is 0 Å². The van der Waals surface area contributed by atoms with Gasteiger partial charge in [-0.25, -0.2) is 4.98 Å². The normalized spacial score (nSPS) is 23.0. The van der Waals surface area contributed by atoms with E-state index in [1.807, 2.05) is 0 Å². The number of ether oxygens (including phenoxy) is 1. The SMILES string of the molecule is O=C(Cc1cccc(C(F)(F)F)c1)N1CCC(=O)N2C[C@H](Oc3cnc(C4CC4)cn3)C[C@@H]2C1. The molecule has 3 aliphatic rings. The molecule has 1 aromatic heterocycles. The van der Waals surface area contributed by atoms with Crippen molar-refractivity contribution in [3.05, 3.63) is 53.5 Å². The number of benzene rings is 1. The van der Waals surface area contributed by atoms with Gasteiger partial charge in [0.05, 0.1) is 42.7 Å². The molecule has 2 atom stereocenters. The van der Waals surface area contributed by atoms with Crippen molar-refractivity contribution >= 4 is 11.8 Å². The van der Waals surface area contributed by atoms with Gasteiger partial charge in [0.2, 0.25) is 17.7 Å². The Morgan fingerprint density at radius 2 is 1.97 bits per heavy atom. The minimum absolute atomic E-state index is 0.0550. The van der Waals surface area contributed by atoms with Crippen LogP contribution in [0.4, 0.5) is 13.2 Å². The first-order valence-electron chi connectivity index (χ1n) is 11.5. The van der Waals surface area contributed by atoms with Gasteiger partial charge in [-0.2, -0.15) is 13.2 Å². The molecule has 0 radical (unpaired) electrons. The van der Waals surface area contributed by atoms with Gasteiger partial charge in [0.25, 0.3) is 0 Å². The van der Waals surface area contributed by atoms with Crippen LogP contribution in [0.25, 0.3) is 0 Å². The summed E-state index contributed by atoms with van der Waals surface area (Å²) in [4.78, 5) is 37.7. The lowest BCUT2D eigenvalue weighted by Gasteiger charge is -2.25. The number of halogens is 3. The van der Waals surface area contributed by atoms with E-state index in [1.165, 1.54) is 12.1 Å². The van der Waals surface area contributed by atoms with Gasteiger partial charge in [0.15, 0.2) is 0 Å². The molecule has 2 amide bonds. The van der Waals surface area contributed by atoms with Crippen LogP contribution in [0.5, 0.6) is 5.88 Å². The Hall–Kier alpha value is -3.17. The molecule has 0 unspecified atom stereocenters. The molecule has 5 rings (SSSR count). The maximum Gasteiger partial charge on any atom is 0.416 e. The summed E-state index contributed by atoms with van der Waals surface area (Å²) in [6, 6.07) is 4.60. The number of carbonyl (C=O) groups is 2. The van der Waals surface area contributed by atoms with Gasteiger partial charge in [0.1, 0.15) is 6.10 Å². The first-order valence-corrected chi connectivity index (χ1v) is 11.5. The molecule has 2 aliphatic heterocycles. The highest BCUT2D eigenvalue weighted by Crippen LogP contribution is 2.38. The molecule has 2 saturated heterocycles. The number of alkyl halides is 3. The largest absolute Gasteiger partial charge is 0.471 e. The molecule has 0 bridgehead atoms. The first kappa shape index (κ1) is 22.6. The van der Waals surface area contributed by atoms with Crippen molar-refractivity contribution in [3.8, 4) is 5.88 Å². The summed E-state index contributed by atoms with van der Waals surface area (Å²) < 4.78 is 45.0. The lowest BCUT2D eigenvalue weighted by Crippen LogP contribution is -2.41. The van der Waals surface area contributed by atoms with Gasteiger partial charge in [-0.3, -0.25) is 14.6 Å². The van der Waals surface area contributed by atoms with Crippen LogP contribution >= 0.6 is 0 Å². The fraction of sp³-hybridized carbons (Fsp3) is 0.500. The number of hydrogen-bond acceptors (Lipinski definition) is 5. The zero-order chi connectivity index (χ0) is 23.9. The Morgan fingerprint density at radius 3 is 2.68 bits per heavy atom. The van der Waals surface area contributed by atoms with Gasteiger partial charge >= 0.3 is 6.18 Å². The van der Waals surface area contributed by atoms with Gasteiger partial charge in [0, 0.05) is 31.8 Å². The molecule has 3 fully saturated rings. The molecule has 10 heteroatoms. The van der Waals surface area contributed by atoms with E-state index in [0.717, 1.165) is 30.7 Å². The van der Waals surface area contributed by atoms with Gasteiger partial charge in [-0.05, 0) is 24.5 Å². The van der Waals surface area contributed by atoms with Gasteiger partial charge in [-0.1, -0.05) is 18.2 Å². The number of nitrogens with zero attached hydrogens (tertiary/aromatic N) is 4. The summed E-state index contributed by atoms with van der Waals surface area (Å²) >= 11 is 0. The molecule has 3 heterocycles. The summed E-state index contributed by atoms with van der Waals surface area (Å²) in [5.74, 6) is 0.570.